The van der Waals surface area contributed by atoms with Crippen LogP contribution in [0.5, 0.6) is 0 Å². The van der Waals surface area contributed by atoms with Gasteiger partial charge in [0.1, 0.15) is 0 Å². The molecule has 6 heteroatoms. The summed E-state index contributed by atoms with van der Waals surface area (Å²) < 4.78 is 2.92. The summed E-state index contributed by atoms with van der Waals surface area (Å²) in [7, 11) is 0. The van der Waals surface area contributed by atoms with E-state index >= 15 is 0 Å². The standard InChI is InChI=1S/C14H10Br3Cl2N/c1-7(9-3-2-4-12(18)13(9)19)20-14-10(16)5-8(15)6-11(14)17/h2-7,20H,1H3. The lowest BCUT2D eigenvalue weighted by Crippen LogP contribution is -2.08. The van der Waals surface area contributed by atoms with Crippen LogP contribution in [0, 0.1) is 0 Å². The van der Waals surface area contributed by atoms with E-state index in [9.17, 15) is 0 Å². The summed E-state index contributed by atoms with van der Waals surface area (Å²) in [5, 5.41) is 4.58. The number of nitrogens with one attached hydrogen (secondary N) is 1. The molecule has 0 heterocycles. The third-order valence-electron chi connectivity index (χ3n) is 2.82. The summed E-state index contributed by atoms with van der Waals surface area (Å²) in [5.41, 5.74) is 1.93. The predicted molar refractivity (Wildman–Crippen MR) is 98.0 cm³/mol. The van der Waals surface area contributed by atoms with Crippen LogP contribution in [0.1, 0.15) is 18.5 Å². The first-order valence-corrected chi connectivity index (χ1v) is 8.88. The largest absolute Gasteiger partial charge is 0.377 e. The lowest BCUT2D eigenvalue weighted by Gasteiger charge is -2.20. The van der Waals surface area contributed by atoms with Crippen molar-refractivity contribution >= 4 is 76.7 Å². The van der Waals surface area contributed by atoms with Crippen molar-refractivity contribution in [3.63, 3.8) is 0 Å². The quantitative estimate of drug-likeness (QED) is 0.459. The predicted octanol–water partition coefficient (Wildman–Crippen LogP) is 7.45. The van der Waals surface area contributed by atoms with Crippen LogP contribution in [-0.4, -0.2) is 0 Å². The first-order chi connectivity index (χ1) is 9.40. The Bertz CT molecular complexity index is 623. The fourth-order valence-electron chi connectivity index (χ4n) is 1.83. The highest BCUT2D eigenvalue weighted by Crippen LogP contribution is 2.38. The van der Waals surface area contributed by atoms with Crippen molar-refractivity contribution in [3.05, 3.63) is 59.4 Å². The molecule has 0 saturated carbocycles. The molecule has 106 valence electrons. The molecule has 0 aromatic heterocycles. The van der Waals surface area contributed by atoms with E-state index in [2.05, 4.69) is 53.1 Å². The molecule has 0 saturated heterocycles. The fourth-order valence-corrected chi connectivity index (χ4v) is 4.79. The number of hydrogen-bond acceptors (Lipinski definition) is 1. The van der Waals surface area contributed by atoms with Crippen molar-refractivity contribution in [1.82, 2.24) is 0 Å². The van der Waals surface area contributed by atoms with Gasteiger partial charge < -0.3 is 5.32 Å². The van der Waals surface area contributed by atoms with Crippen LogP contribution in [0.3, 0.4) is 0 Å². The van der Waals surface area contributed by atoms with E-state index in [1.807, 2.05) is 31.2 Å². The minimum atomic E-state index is 0.0231. The van der Waals surface area contributed by atoms with Crippen LogP contribution in [0.2, 0.25) is 10.0 Å². The zero-order valence-corrected chi connectivity index (χ0v) is 16.6. The summed E-state index contributed by atoms with van der Waals surface area (Å²) in [4.78, 5) is 0. The summed E-state index contributed by atoms with van der Waals surface area (Å²) in [6, 6.07) is 9.64. The second-order valence-electron chi connectivity index (χ2n) is 4.25. The van der Waals surface area contributed by atoms with E-state index in [0.717, 1.165) is 24.7 Å². The van der Waals surface area contributed by atoms with Gasteiger partial charge in [-0.2, -0.15) is 0 Å². The Balaban J connectivity index is 2.33. The zero-order chi connectivity index (χ0) is 14.9. The Morgan fingerprint density at radius 3 is 2.25 bits per heavy atom. The molecule has 2 aromatic rings. The highest BCUT2D eigenvalue weighted by Gasteiger charge is 2.15. The molecule has 0 radical (unpaired) electrons. The van der Waals surface area contributed by atoms with E-state index in [4.69, 9.17) is 23.2 Å². The van der Waals surface area contributed by atoms with Crippen LogP contribution < -0.4 is 5.32 Å². The minimum absolute atomic E-state index is 0.0231. The van der Waals surface area contributed by atoms with E-state index in [-0.39, 0.29) is 6.04 Å². The zero-order valence-electron chi connectivity index (χ0n) is 10.4. The number of halogens is 5. The molecule has 0 aliphatic heterocycles. The molecule has 0 amide bonds. The number of rotatable bonds is 3. The van der Waals surface area contributed by atoms with Gasteiger partial charge in [0.15, 0.2) is 0 Å². The molecule has 0 bridgehead atoms. The molecule has 0 fully saturated rings. The molecule has 0 spiro atoms. The van der Waals surface area contributed by atoms with Crippen molar-refractivity contribution in [1.29, 1.82) is 0 Å². The molecule has 1 atom stereocenters. The Labute approximate surface area is 153 Å². The van der Waals surface area contributed by atoms with Crippen LogP contribution in [0.25, 0.3) is 0 Å². The number of anilines is 1. The van der Waals surface area contributed by atoms with Crippen LogP contribution in [-0.2, 0) is 0 Å². The molecule has 0 aliphatic rings. The summed E-state index contributed by atoms with van der Waals surface area (Å²) in [6.45, 7) is 2.04. The van der Waals surface area contributed by atoms with Gasteiger partial charge in [0.05, 0.1) is 21.8 Å². The van der Waals surface area contributed by atoms with Gasteiger partial charge in [-0.15, -0.1) is 0 Å². The molecular weight excluding hydrogens is 493 g/mol. The second-order valence-corrected chi connectivity index (χ2v) is 7.66. The Morgan fingerprint density at radius 1 is 1.05 bits per heavy atom. The van der Waals surface area contributed by atoms with Gasteiger partial charge in [-0.1, -0.05) is 51.3 Å². The number of benzene rings is 2. The molecule has 20 heavy (non-hydrogen) atoms. The lowest BCUT2D eigenvalue weighted by atomic mass is 10.1. The van der Waals surface area contributed by atoms with Crippen molar-refractivity contribution < 1.29 is 0 Å². The molecule has 1 N–H and O–H groups in total. The van der Waals surface area contributed by atoms with Gasteiger partial charge in [0, 0.05) is 13.4 Å². The molecule has 0 aliphatic carbocycles. The van der Waals surface area contributed by atoms with Crippen LogP contribution >= 0.6 is 71.0 Å². The van der Waals surface area contributed by atoms with Gasteiger partial charge in [-0.25, -0.2) is 0 Å². The second kappa shape index (κ2) is 7.01. The molecule has 2 rings (SSSR count). The van der Waals surface area contributed by atoms with Crippen molar-refractivity contribution in [2.75, 3.05) is 5.32 Å². The third kappa shape index (κ3) is 3.72. The van der Waals surface area contributed by atoms with Gasteiger partial charge >= 0.3 is 0 Å². The average Bonchev–Trinajstić information content (AvgIpc) is 2.36. The minimum Gasteiger partial charge on any atom is -0.377 e. The van der Waals surface area contributed by atoms with Crippen LogP contribution in [0.15, 0.2) is 43.7 Å². The number of hydrogen-bond donors (Lipinski definition) is 1. The Hall–Kier alpha value is 0.260. The van der Waals surface area contributed by atoms with E-state index in [0.29, 0.717) is 10.0 Å². The van der Waals surface area contributed by atoms with Gasteiger partial charge in [-0.3, -0.25) is 0 Å². The smallest absolute Gasteiger partial charge is 0.0644 e. The summed E-state index contributed by atoms with van der Waals surface area (Å²) >= 11 is 22.9. The highest BCUT2D eigenvalue weighted by atomic mass is 79.9. The first kappa shape index (κ1) is 16.6. The lowest BCUT2D eigenvalue weighted by molar-refractivity contribution is 0.882. The van der Waals surface area contributed by atoms with Gasteiger partial charge in [-0.05, 0) is 62.5 Å². The Kier molecular flexibility index (Phi) is 5.83. The van der Waals surface area contributed by atoms with Crippen molar-refractivity contribution in [3.8, 4) is 0 Å². The van der Waals surface area contributed by atoms with Crippen molar-refractivity contribution in [2.24, 2.45) is 0 Å². The van der Waals surface area contributed by atoms with Crippen molar-refractivity contribution in [2.45, 2.75) is 13.0 Å². The van der Waals surface area contributed by atoms with Gasteiger partial charge in [0.25, 0.3) is 0 Å². The third-order valence-corrected chi connectivity index (χ3v) is 5.36. The maximum absolute atomic E-state index is 6.26. The van der Waals surface area contributed by atoms with Crippen LogP contribution in [0.4, 0.5) is 5.69 Å². The van der Waals surface area contributed by atoms with E-state index < -0.39 is 0 Å². The summed E-state index contributed by atoms with van der Waals surface area (Å²) in [6.07, 6.45) is 0. The maximum Gasteiger partial charge on any atom is 0.0644 e. The van der Waals surface area contributed by atoms with Gasteiger partial charge in [0.2, 0.25) is 0 Å². The molecular formula is C14H10Br3Cl2N. The van der Waals surface area contributed by atoms with E-state index in [1.54, 1.807) is 6.07 Å². The molecule has 1 unspecified atom stereocenters. The monoisotopic (exact) mass is 499 g/mol. The maximum atomic E-state index is 6.26. The topological polar surface area (TPSA) is 12.0 Å². The Morgan fingerprint density at radius 2 is 1.65 bits per heavy atom. The molecule has 1 nitrogen and oxygen atoms in total. The first-order valence-electron chi connectivity index (χ1n) is 5.75. The normalized spacial score (nSPS) is 12.3. The molecule has 2 aromatic carbocycles. The SMILES string of the molecule is CC(Nc1c(Br)cc(Br)cc1Br)c1cccc(Cl)c1Cl. The summed E-state index contributed by atoms with van der Waals surface area (Å²) in [5.74, 6) is 0. The fraction of sp³-hybridized carbons (Fsp3) is 0.143. The average molecular weight is 503 g/mol. The highest BCUT2D eigenvalue weighted by molar-refractivity contribution is 9.11. The van der Waals surface area contributed by atoms with E-state index in [1.165, 1.54) is 0 Å².